The van der Waals surface area contributed by atoms with Gasteiger partial charge < -0.3 is 5.11 Å². The van der Waals surface area contributed by atoms with E-state index in [1.165, 1.54) is 25.2 Å². The number of rotatable bonds is 5. The van der Waals surface area contributed by atoms with Crippen molar-refractivity contribution < 1.29 is 17.9 Å². The van der Waals surface area contributed by atoms with Gasteiger partial charge in [0.15, 0.2) is 0 Å². The summed E-state index contributed by atoms with van der Waals surface area (Å²) in [5.74, 6) is -0.467. The second kappa shape index (κ2) is 5.92. The number of aromatic amines is 1. The molecule has 0 saturated heterocycles. The highest BCUT2D eigenvalue weighted by Gasteiger charge is 2.28. The molecule has 1 heterocycles. The molecule has 2 aromatic rings. The van der Waals surface area contributed by atoms with E-state index in [9.17, 15) is 17.9 Å². The third-order valence-electron chi connectivity index (χ3n) is 3.13. The van der Waals surface area contributed by atoms with Gasteiger partial charge >= 0.3 is 0 Å². The maximum Gasteiger partial charge on any atom is 0.246 e. The zero-order valence-corrected chi connectivity index (χ0v) is 12.5. The van der Waals surface area contributed by atoms with Gasteiger partial charge in [0.1, 0.15) is 16.4 Å². The zero-order valence-electron chi connectivity index (χ0n) is 11.7. The Morgan fingerprint density at radius 1 is 1.38 bits per heavy atom. The van der Waals surface area contributed by atoms with Crippen LogP contribution in [-0.4, -0.2) is 35.1 Å². The van der Waals surface area contributed by atoms with Crippen LogP contribution in [0.1, 0.15) is 17.0 Å². The number of sulfonamides is 1. The Morgan fingerprint density at radius 2 is 2.05 bits per heavy atom. The largest absolute Gasteiger partial charge is 0.390 e. The monoisotopic (exact) mass is 313 g/mol. The molecule has 8 heteroatoms. The van der Waals surface area contributed by atoms with Crippen molar-refractivity contribution in [1.82, 2.24) is 14.5 Å². The molecule has 0 saturated carbocycles. The summed E-state index contributed by atoms with van der Waals surface area (Å²) >= 11 is 0. The number of hydrogen-bond acceptors (Lipinski definition) is 4. The highest BCUT2D eigenvalue weighted by atomic mass is 32.2. The first-order valence-corrected chi connectivity index (χ1v) is 7.66. The molecule has 1 aromatic heterocycles. The summed E-state index contributed by atoms with van der Waals surface area (Å²) in [5.41, 5.74) is 0.655. The molecular formula is C13H16FN3O3S. The molecule has 0 bridgehead atoms. The van der Waals surface area contributed by atoms with E-state index in [0.717, 1.165) is 4.31 Å². The van der Waals surface area contributed by atoms with Crippen LogP contribution in [0.15, 0.2) is 29.2 Å². The Labute approximate surface area is 122 Å². The van der Waals surface area contributed by atoms with Crippen molar-refractivity contribution in [3.8, 4) is 0 Å². The number of aryl methyl sites for hydroxylation is 1. The Hall–Kier alpha value is -1.77. The second-order valence-corrected chi connectivity index (χ2v) is 6.62. The summed E-state index contributed by atoms with van der Waals surface area (Å²) < 4.78 is 39.7. The van der Waals surface area contributed by atoms with Gasteiger partial charge in [0.25, 0.3) is 0 Å². The first-order valence-electron chi connectivity index (χ1n) is 6.22. The van der Waals surface area contributed by atoms with Crippen LogP contribution < -0.4 is 0 Å². The number of H-pyrrole nitrogens is 1. The van der Waals surface area contributed by atoms with Gasteiger partial charge in [0.2, 0.25) is 10.0 Å². The van der Waals surface area contributed by atoms with Gasteiger partial charge in [-0.2, -0.15) is 9.40 Å². The van der Waals surface area contributed by atoms with Gasteiger partial charge in [-0.1, -0.05) is 18.2 Å². The van der Waals surface area contributed by atoms with E-state index in [-0.39, 0.29) is 22.7 Å². The van der Waals surface area contributed by atoms with Crippen LogP contribution in [0, 0.1) is 12.7 Å². The standard InChI is InChI=1S/C13H16FN3O3S/c1-9-13(12(8-18)16-15-9)21(19,20)17(2)7-10-5-3-4-6-11(10)14/h3-6,18H,7-8H2,1-2H3,(H,15,16). The van der Waals surface area contributed by atoms with E-state index < -0.39 is 22.4 Å². The summed E-state index contributed by atoms with van der Waals surface area (Å²) in [7, 11) is -2.51. The molecule has 1 aromatic carbocycles. The number of aliphatic hydroxyl groups excluding tert-OH is 1. The highest BCUT2D eigenvalue weighted by molar-refractivity contribution is 7.89. The summed E-state index contributed by atoms with van der Waals surface area (Å²) in [6.07, 6.45) is 0. The number of aromatic nitrogens is 2. The van der Waals surface area contributed by atoms with Gasteiger partial charge in [-0.05, 0) is 13.0 Å². The SMILES string of the molecule is Cc1[nH]nc(CO)c1S(=O)(=O)N(C)Cc1ccccc1F. The molecule has 6 nitrogen and oxygen atoms in total. The van der Waals surface area contributed by atoms with Crippen molar-refractivity contribution in [2.75, 3.05) is 7.05 Å². The minimum atomic E-state index is -3.87. The van der Waals surface area contributed by atoms with E-state index in [0.29, 0.717) is 5.69 Å². The van der Waals surface area contributed by atoms with Crippen molar-refractivity contribution in [2.24, 2.45) is 0 Å². The van der Waals surface area contributed by atoms with Gasteiger partial charge in [0, 0.05) is 19.2 Å². The lowest BCUT2D eigenvalue weighted by Gasteiger charge is -2.18. The van der Waals surface area contributed by atoms with Crippen molar-refractivity contribution in [3.05, 3.63) is 47.0 Å². The Balaban J connectivity index is 2.35. The predicted molar refractivity (Wildman–Crippen MR) is 74.3 cm³/mol. The predicted octanol–water partition coefficient (Wildman–Crippen LogP) is 1.17. The van der Waals surface area contributed by atoms with E-state index in [2.05, 4.69) is 10.2 Å². The number of aliphatic hydroxyl groups is 1. The average molecular weight is 313 g/mol. The van der Waals surface area contributed by atoms with Gasteiger partial charge in [-0.25, -0.2) is 12.8 Å². The molecule has 0 amide bonds. The maximum absolute atomic E-state index is 13.6. The fourth-order valence-electron chi connectivity index (χ4n) is 2.03. The molecule has 0 unspecified atom stereocenters. The summed E-state index contributed by atoms with van der Waals surface area (Å²) in [6, 6.07) is 5.98. The Kier molecular flexibility index (Phi) is 4.40. The van der Waals surface area contributed by atoms with Gasteiger partial charge in [-0.15, -0.1) is 0 Å². The smallest absolute Gasteiger partial charge is 0.246 e. The van der Waals surface area contributed by atoms with Gasteiger partial charge in [-0.3, -0.25) is 5.10 Å². The van der Waals surface area contributed by atoms with Crippen molar-refractivity contribution in [2.45, 2.75) is 25.0 Å². The van der Waals surface area contributed by atoms with Crippen LogP contribution in [-0.2, 0) is 23.2 Å². The molecule has 2 N–H and O–H groups in total. The fraction of sp³-hybridized carbons (Fsp3) is 0.308. The summed E-state index contributed by atoms with van der Waals surface area (Å²) in [4.78, 5) is -0.0659. The van der Waals surface area contributed by atoms with E-state index >= 15 is 0 Å². The maximum atomic E-state index is 13.6. The summed E-state index contributed by atoms with van der Waals surface area (Å²) in [5, 5.41) is 15.5. The molecule has 0 spiro atoms. The molecule has 114 valence electrons. The minimum Gasteiger partial charge on any atom is -0.390 e. The average Bonchev–Trinajstić information content (AvgIpc) is 2.83. The van der Waals surface area contributed by atoms with Crippen LogP contribution in [0.3, 0.4) is 0 Å². The lowest BCUT2D eigenvalue weighted by atomic mass is 10.2. The van der Waals surface area contributed by atoms with Crippen LogP contribution in [0.4, 0.5) is 4.39 Å². The molecule has 0 atom stereocenters. The van der Waals surface area contributed by atoms with Gasteiger partial charge in [0.05, 0.1) is 12.3 Å². The second-order valence-electron chi connectivity index (χ2n) is 4.64. The lowest BCUT2D eigenvalue weighted by Crippen LogP contribution is -2.28. The van der Waals surface area contributed by atoms with Crippen molar-refractivity contribution in [1.29, 1.82) is 0 Å². The van der Waals surface area contributed by atoms with Crippen LogP contribution in [0.25, 0.3) is 0 Å². The number of nitrogens with one attached hydrogen (secondary N) is 1. The first-order chi connectivity index (χ1) is 9.87. The molecular weight excluding hydrogens is 297 g/mol. The van der Waals surface area contributed by atoms with E-state index in [4.69, 9.17) is 0 Å². The Morgan fingerprint density at radius 3 is 2.67 bits per heavy atom. The quantitative estimate of drug-likeness (QED) is 0.867. The minimum absolute atomic E-state index is 0.0490. The zero-order chi connectivity index (χ0) is 15.6. The molecule has 0 radical (unpaired) electrons. The number of nitrogens with zero attached hydrogens (tertiary/aromatic N) is 2. The summed E-state index contributed by atoms with van der Waals surface area (Å²) in [6.45, 7) is 0.951. The first kappa shape index (κ1) is 15.6. The number of benzene rings is 1. The van der Waals surface area contributed by atoms with Crippen molar-refractivity contribution >= 4 is 10.0 Å². The molecule has 0 aliphatic carbocycles. The van der Waals surface area contributed by atoms with E-state index in [1.54, 1.807) is 13.0 Å². The van der Waals surface area contributed by atoms with Crippen LogP contribution >= 0.6 is 0 Å². The molecule has 21 heavy (non-hydrogen) atoms. The number of halogens is 1. The molecule has 0 aliphatic heterocycles. The normalized spacial score (nSPS) is 12.0. The van der Waals surface area contributed by atoms with Crippen LogP contribution in [0.5, 0.6) is 0 Å². The number of hydrogen-bond donors (Lipinski definition) is 2. The molecule has 2 rings (SSSR count). The Bertz CT molecular complexity index is 743. The topological polar surface area (TPSA) is 86.3 Å². The highest BCUT2D eigenvalue weighted by Crippen LogP contribution is 2.23. The molecule has 0 fully saturated rings. The molecule has 0 aliphatic rings. The van der Waals surface area contributed by atoms with Crippen molar-refractivity contribution in [3.63, 3.8) is 0 Å². The van der Waals surface area contributed by atoms with Crippen LogP contribution in [0.2, 0.25) is 0 Å². The van der Waals surface area contributed by atoms with E-state index in [1.807, 2.05) is 0 Å². The third kappa shape index (κ3) is 2.97. The third-order valence-corrected chi connectivity index (χ3v) is 5.14. The fourth-order valence-corrected chi connectivity index (χ4v) is 3.49. The lowest BCUT2D eigenvalue weighted by molar-refractivity contribution is 0.273.